The summed E-state index contributed by atoms with van der Waals surface area (Å²) in [6, 6.07) is 7.34. The Bertz CT molecular complexity index is 2120. The Morgan fingerprint density at radius 2 is 1.12 bits per heavy atom. The molecule has 0 aliphatic heterocycles. The van der Waals surface area contributed by atoms with E-state index in [9.17, 15) is 28.2 Å². The topological polar surface area (TPSA) is 227 Å². The predicted molar refractivity (Wildman–Crippen MR) is 277 cm³/mol. The second kappa shape index (κ2) is 32.3. The normalized spacial score (nSPS) is 17.7. The number of phenolic OH excluding ortho intramolecular Hbond substituents is 2. The van der Waals surface area contributed by atoms with Crippen molar-refractivity contribution >= 4 is 22.3 Å². The molecule has 2 aliphatic rings. The molecule has 0 spiro atoms. The van der Waals surface area contributed by atoms with Crippen LogP contribution in [0, 0.1) is 11.8 Å². The van der Waals surface area contributed by atoms with Gasteiger partial charge in [-0.15, -0.1) is 0 Å². The molecular weight excluding hydrogens is 899 g/mol. The largest absolute Gasteiger partial charge is 0.507 e. The number of aliphatic hydroxyl groups is 2. The lowest BCUT2D eigenvalue weighted by Crippen LogP contribution is -2.29. The van der Waals surface area contributed by atoms with Crippen molar-refractivity contribution in [2.75, 3.05) is 45.7 Å². The zero-order valence-electron chi connectivity index (χ0n) is 42.7. The molecule has 69 heavy (non-hydrogen) atoms. The van der Waals surface area contributed by atoms with Crippen molar-refractivity contribution in [3.8, 4) is 23.0 Å². The van der Waals surface area contributed by atoms with E-state index in [-0.39, 0.29) is 61.5 Å². The first-order valence-electron chi connectivity index (χ1n) is 24.8. The van der Waals surface area contributed by atoms with Gasteiger partial charge in [0.25, 0.3) is 10.1 Å². The van der Waals surface area contributed by atoms with Gasteiger partial charge < -0.3 is 46.3 Å². The van der Waals surface area contributed by atoms with Crippen molar-refractivity contribution in [3.05, 3.63) is 94.1 Å². The van der Waals surface area contributed by atoms with Gasteiger partial charge in [0.1, 0.15) is 23.0 Å². The summed E-state index contributed by atoms with van der Waals surface area (Å²) in [7, 11) is -3.51. The molecule has 15 heteroatoms. The minimum absolute atomic E-state index is 0.00562. The molecule has 14 nitrogen and oxygen atoms in total. The second-order valence-corrected chi connectivity index (χ2v) is 20.1. The van der Waals surface area contributed by atoms with Crippen molar-refractivity contribution < 1.29 is 52.1 Å². The zero-order valence-corrected chi connectivity index (χ0v) is 43.5. The van der Waals surface area contributed by atoms with Gasteiger partial charge in [-0.05, 0) is 152 Å². The summed E-state index contributed by atoms with van der Waals surface area (Å²) in [4.78, 5) is 24.9. The van der Waals surface area contributed by atoms with Crippen LogP contribution >= 0.6 is 0 Å². The highest BCUT2D eigenvalue weighted by Gasteiger charge is 2.33. The highest BCUT2D eigenvalue weighted by Crippen LogP contribution is 2.48. The Kier molecular flexibility index (Phi) is 28.3. The van der Waals surface area contributed by atoms with E-state index in [0.29, 0.717) is 48.6 Å². The quantitative estimate of drug-likeness (QED) is 0.0296. The number of rotatable bonds is 24. The maximum absolute atomic E-state index is 12.6. The number of hydrogen-bond acceptors (Lipinski definition) is 12. The fourth-order valence-corrected chi connectivity index (χ4v) is 8.96. The Morgan fingerprint density at radius 1 is 0.696 bits per heavy atom. The summed E-state index contributed by atoms with van der Waals surface area (Å²) in [6.07, 6.45) is 17.4. The molecule has 0 fully saturated rings. The summed E-state index contributed by atoms with van der Waals surface area (Å²) in [5.41, 5.74) is 12.7. The summed E-state index contributed by atoms with van der Waals surface area (Å²) in [6.45, 7) is 22.1. The molecule has 0 unspecified atom stereocenters. The Labute approximate surface area is 413 Å². The molecule has 2 amide bonds. The number of aromatic hydroxyl groups is 2. The van der Waals surface area contributed by atoms with Crippen LogP contribution in [0.4, 0.5) is 9.59 Å². The molecule has 0 aromatic heterocycles. The lowest BCUT2D eigenvalue weighted by Gasteiger charge is -2.32. The summed E-state index contributed by atoms with van der Waals surface area (Å²) in [5.74, 6) is 1.15. The molecule has 8 N–H and O–H groups in total. The first-order chi connectivity index (χ1) is 32.8. The van der Waals surface area contributed by atoms with Crippen LogP contribution in [0.15, 0.2) is 71.9 Å². The van der Waals surface area contributed by atoms with Gasteiger partial charge in [-0.25, -0.2) is 9.59 Å². The number of phenols is 2. The molecule has 4 rings (SSSR count). The molecule has 0 saturated carbocycles. The summed E-state index contributed by atoms with van der Waals surface area (Å²) in [5, 5.41) is 44.3. The molecule has 0 saturated heterocycles. The van der Waals surface area contributed by atoms with Crippen LogP contribution in [0.1, 0.15) is 159 Å². The third kappa shape index (κ3) is 22.3. The smallest absolute Gasteiger partial charge is 0.412 e. The number of amides is 2. The first-order valence-corrected chi connectivity index (χ1v) is 26.7. The average Bonchev–Trinajstić information content (AvgIpc) is 3.26. The number of carbonyl (C=O) groups excluding carboxylic acids is 2. The number of hydrogen-bond donors (Lipinski definition) is 7. The second-order valence-electron chi connectivity index (χ2n) is 18.5. The number of unbranched alkanes of at least 4 members (excludes halogenated alkanes) is 4. The number of benzene rings is 2. The summed E-state index contributed by atoms with van der Waals surface area (Å²) >= 11 is 0. The number of carbonyl (C=O) groups is 2. The highest BCUT2D eigenvalue weighted by atomic mass is 32.2. The number of nitrogens with one attached hydrogen (secondary N) is 2. The standard InChI is InChI=1S/C26H39NO6S.C25H37NO4.C3H9NO/c1-6-7-8-10-20-16-23(28)25(22-15-19(4)11-12-21(22)18(2)3)24(17-20)33-26(29)27-13-9-14-32-34(5,30)31;1-5-6-7-9-19-15-22(28)24(21-14-18(4)10-11-20(21)17(2)3)23(16-19)30-25(29)26-12-8-13-27;4-2-1-3-5/h15-17,21-22,28H,2,6-14H2,1,3-5H3,(H,27,29);14-16,20-21,27-28H,2,5-13H2,1,3-4H3,(H,26,29);5H,1-4H2/t21-,22+;20-,21+;/m00./s1. The molecule has 2 aromatic rings. The lowest BCUT2D eigenvalue weighted by atomic mass is 9.73. The SMILES string of the molecule is C=C(C)[C@@H]1CCC(C)=C[C@H]1c1c(O)cc(CCCCC)cc1OC(=O)NCCCO.C=C(C)[C@@H]1CCC(C)=C[C@H]1c1c(O)cc(CCCCC)cc1OC(=O)NCCCOS(C)(=O)=O.NCCCO. The molecule has 0 heterocycles. The summed E-state index contributed by atoms with van der Waals surface area (Å²) < 4.78 is 38.2. The van der Waals surface area contributed by atoms with Gasteiger partial charge in [0.15, 0.2) is 0 Å². The number of nitrogens with two attached hydrogens (primary N) is 1. The van der Waals surface area contributed by atoms with E-state index in [1.54, 1.807) is 6.07 Å². The van der Waals surface area contributed by atoms with Crippen LogP contribution in [-0.2, 0) is 27.1 Å². The van der Waals surface area contributed by atoms with Crippen molar-refractivity contribution in [1.29, 1.82) is 0 Å². The van der Waals surface area contributed by atoms with Gasteiger partial charge in [0.05, 0.1) is 12.9 Å². The first kappa shape index (κ1) is 60.5. The van der Waals surface area contributed by atoms with E-state index in [2.05, 4.69) is 67.8 Å². The van der Waals surface area contributed by atoms with Gasteiger partial charge in [0, 0.05) is 49.3 Å². The van der Waals surface area contributed by atoms with Crippen molar-refractivity contribution in [2.45, 2.75) is 150 Å². The fourth-order valence-electron chi connectivity index (χ4n) is 8.54. The van der Waals surface area contributed by atoms with Crippen LogP contribution in [-0.4, -0.2) is 86.7 Å². The minimum atomic E-state index is -3.51. The van der Waals surface area contributed by atoms with E-state index in [1.807, 2.05) is 32.0 Å². The predicted octanol–water partition coefficient (Wildman–Crippen LogP) is 10.5. The maximum Gasteiger partial charge on any atom is 0.412 e. The number of aryl methyl sites for hydroxylation is 2. The Hall–Kier alpha value is -4.67. The Morgan fingerprint density at radius 3 is 1.46 bits per heavy atom. The average molecular weight is 984 g/mol. The molecule has 388 valence electrons. The van der Waals surface area contributed by atoms with E-state index in [1.165, 1.54) is 11.1 Å². The molecule has 0 bridgehead atoms. The monoisotopic (exact) mass is 984 g/mol. The molecule has 2 aromatic carbocycles. The van der Waals surface area contributed by atoms with Crippen molar-refractivity contribution in [1.82, 2.24) is 10.6 Å². The third-order valence-corrected chi connectivity index (χ3v) is 12.8. The van der Waals surface area contributed by atoms with Crippen LogP contribution in [0.5, 0.6) is 23.0 Å². The molecular formula is C54H85N3O11S. The van der Waals surface area contributed by atoms with E-state index in [0.717, 1.165) is 112 Å². The van der Waals surface area contributed by atoms with Crippen LogP contribution in [0.3, 0.4) is 0 Å². The van der Waals surface area contributed by atoms with Crippen LogP contribution in [0.2, 0.25) is 0 Å². The molecule has 4 atom stereocenters. The number of ether oxygens (including phenoxy) is 2. The van der Waals surface area contributed by atoms with Crippen molar-refractivity contribution in [2.24, 2.45) is 17.6 Å². The Balaban J connectivity index is 0.000000433. The van der Waals surface area contributed by atoms with Crippen LogP contribution < -0.4 is 25.8 Å². The van der Waals surface area contributed by atoms with E-state index < -0.39 is 22.3 Å². The van der Waals surface area contributed by atoms with E-state index in [4.69, 9.17) is 25.4 Å². The minimum Gasteiger partial charge on any atom is -0.507 e. The zero-order chi connectivity index (χ0) is 51.5. The third-order valence-electron chi connectivity index (χ3n) is 12.2. The fraction of sp³-hybridized carbons (Fsp3) is 0.593. The van der Waals surface area contributed by atoms with Gasteiger partial charge >= 0.3 is 12.2 Å². The van der Waals surface area contributed by atoms with Gasteiger partial charge in [-0.1, -0.05) is 87.1 Å². The number of allylic oxidation sites excluding steroid dienone is 6. The molecule has 0 radical (unpaired) electrons. The van der Waals surface area contributed by atoms with Gasteiger partial charge in [-0.2, -0.15) is 8.42 Å². The number of aliphatic hydroxyl groups excluding tert-OH is 2. The maximum atomic E-state index is 12.6. The van der Waals surface area contributed by atoms with Gasteiger partial charge in [0.2, 0.25) is 0 Å². The molecule has 2 aliphatic carbocycles. The van der Waals surface area contributed by atoms with Crippen LogP contribution in [0.25, 0.3) is 0 Å². The van der Waals surface area contributed by atoms with Crippen molar-refractivity contribution in [3.63, 3.8) is 0 Å². The highest BCUT2D eigenvalue weighted by molar-refractivity contribution is 7.85. The van der Waals surface area contributed by atoms with E-state index >= 15 is 0 Å². The lowest BCUT2D eigenvalue weighted by molar-refractivity contribution is 0.197. The van der Waals surface area contributed by atoms with Gasteiger partial charge in [-0.3, -0.25) is 4.18 Å².